The number of rotatable bonds is 6. The Labute approximate surface area is 249 Å². The van der Waals surface area contributed by atoms with Gasteiger partial charge >= 0.3 is 8.56 Å². The fourth-order valence-electron chi connectivity index (χ4n) is 2.82. The molecule has 5 nitrogen and oxygen atoms in total. The van der Waals surface area contributed by atoms with Gasteiger partial charge in [-0.3, -0.25) is 0 Å². The lowest BCUT2D eigenvalue weighted by molar-refractivity contribution is 0.0394. The predicted octanol–water partition coefficient (Wildman–Crippen LogP) is 6.93. The lowest BCUT2D eigenvalue weighted by atomic mass is 9.99. The fraction of sp³-hybridized carbons (Fsp3) is 0.636. The van der Waals surface area contributed by atoms with Gasteiger partial charge in [0, 0.05) is 14.2 Å². The first-order valence-electron chi connectivity index (χ1n) is 14.5. The van der Waals surface area contributed by atoms with Gasteiger partial charge in [0.15, 0.2) is 0 Å². The second-order valence-corrected chi connectivity index (χ2v) is 19.4. The van der Waals surface area contributed by atoms with Gasteiger partial charge in [0.25, 0.3) is 0 Å². The van der Waals surface area contributed by atoms with E-state index in [4.69, 9.17) is 9.47 Å². The Balaban J connectivity index is 0. The van der Waals surface area contributed by atoms with Crippen molar-refractivity contribution in [1.82, 2.24) is 0 Å². The molecule has 2 unspecified atom stereocenters. The highest BCUT2D eigenvalue weighted by Crippen LogP contribution is 2.18. The van der Waals surface area contributed by atoms with E-state index in [1.54, 1.807) is 14.2 Å². The minimum atomic E-state index is -3.10. The molecule has 7 heteroatoms. The molecule has 0 heterocycles. The Morgan fingerprint density at radius 1 is 0.600 bits per heavy atom. The Kier molecular flexibility index (Phi) is 18.6. The molecule has 0 aliphatic heterocycles. The quantitative estimate of drug-likeness (QED) is 0.316. The average Bonchev–Trinajstić information content (AvgIpc) is 2.87. The zero-order chi connectivity index (χ0) is 31.9. The number of ether oxygens (including phenoxy) is 2. The van der Waals surface area contributed by atoms with Crippen LogP contribution in [0.1, 0.15) is 105 Å². The van der Waals surface area contributed by atoms with Crippen LogP contribution in [0.4, 0.5) is 0 Å². The summed E-state index contributed by atoms with van der Waals surface area (Å²) in [4.78, 5) is 28.9. The molecule has 2 aromatic carbocycles. The third kappa shape index (κ3) is 19.7. The van der Waals surface area contributed by atoms with Crippen LogP contribution < -0.4 is 10.4 Å². The van der Waals surface area contributed by atoms with E-state index in [9.17, 15) is 14.4 Å². The number of benzene rings is 2. The van der Waals surface area contributed by atoms with Crippen molar-refractivity contribution in [1.29, 1.82) is 0 Å². The van der Waals surface area contributed by atoms with Crippen LogP contribution in [-0.2, 0) is 9.47 Å². The Morgan fingerprint density at radius 3 is 1.02 bits per heavy atom. The second-order valence-electron chi connectivity index (χ2n) is 13.1. The normalized spacial score (nSPS) is 13.4. The molecule has 0 aromatic heterocycles. The van der Waals surface area contributed by atoms with Gasteiger partial charge in [0.2, 0.25) is 8.32 Å². The summed E-state index contributed by atoms with van der Waals surface area (Å²) in [5.41, 5.74) is 2.71. The van der Waals surface area contributed by atoms with E-state index in [0.29, 0.717) is 17.0 Å². The maximum absolute atomic E-state index is 9.91. The van der Waals surface area contributed by atoms with Gasteiger partial charge in [0.1, 0.15) is 0 Å². The highest BCUT2D eigenvalue weighted by Gasteiger charge is 2.24. The number of hydrogen-bond acceptors (Lipinski definition) is 5. The molecular formula is C33H62O5Si2. The molecule has 40 heavy (non-hydrogen) atoms. The zero-order valence-electron chi connectivity index (χ0n) is 28.3. The highest BCUT2D eigenvalue weighted by atomic mass is 28.4. The molecule has 2 rings (SSSR count). The van der Waals surface area contributed by atoms with Crippen molar-refractivity contribution < 1.29 is 23.9 Å². The second kappa shape index (κ2) is 18.3. The Morgan fingerprint density at radius 2 is 0.850 bits per heavy atom. The monoisotopic (exact) mass is 594 g/mol. The van der Waals surface area contributed by atoms with Crippen LogP contribution in [0.25, 0.3) is 0 Å². The zero-order valence-corrected chi connectivity index (χ0v) is 30.3. The third-order valence-corrected chi connectivity index (χ3v) is 9.84. The highest BCUT2D eigenvalue weighted by molar-refractivity contribution is 6.83. The van der Waals surface area contributed by atoms with Gasteiger partial charge in [-0.05, 0) is 107 Å². The molecule has 2 atom stereocenters. The van der Waals surface area contributed by atoms with Crippen molar-refractivity contribution in [2.75, 3.05) is 14.2 Å². The molecule has 232 valence electrons. The van der Waals surface area contributed by atoms with Gasteiger partial charge in [-0.15, -0.1) is 0 Å². The van der Waals surface area contributed by atoms with Crippen molar-refractivity contribution in [2.24, 2.45) is 0 Å². The first kappa shape index (κ1) is 40.8. The van der Waals surface area contributed by atoms with Gasteiger partial charge in [-0.25, -0.2) is 0 Å². The van der Waals surface area contributed by atoms with Gasteiger partial charge in [-0.2, -0.15) is 0 Å². The summed E-state index contributed by atoms with van der Waals surface area (Å²) >= 11 is 0. The summed E-state index contributed by atoms with van der Waals surface area (Å²) < 4.78 is 9.88. The molecule has 0 aliphatic rings. The molecule has 2 aromatic rings. The van der Waals surface area contributed by atoms with Crippen molar-refractivity contribution >= 4 is 27.3 Å². The summed E-state index contributed by atoms with van der Waals surface area (Å²) in [6.07, 6.45) is 2.27. The molecule has 0 amide bonds. The maximum Gasteiger partial charge on any atom is 0.363 e. The van der Waals surface area contributed by atoms with Crippen LogP contribution >= 0.6 is 0 Å². The van der Waals surface area contributed by atoms with Crippen molar-refractivity contribution in [3.63, 3.8) is 0 Å². The van der Waals surface area contributed by atoms with Crippen molar-refractivity contribution in [3.8, 4) is 0 Å². The SMILES string of the molecule is CCC(C)c1ccc([Si](C)(C)O)cc1.CCC(C)c1ccc([Si](C)(O)O)cc1.COC(C)(C)C.COC(C)(C)C. The van der Waals surface area contributed by atoms with E-state index in [-0.39, 0.29) is 11.2 Å². The summed E-state index contributed by atoms with van der Waals surface area (Å²) in [6, 6.07) is 16.1. The van der Waals surface area contributed by atoms with Crippen LogP contribution in [0, 0.1) is 0 Å². The standard InChI is InChI=1S/C12H20OSi.C11H18O2Si.2C5H12O/c1-5-10(2)11-6-8-12(9-7-11)14(3,4)13;1-4-9(2)10-5-7-11(8-6-10)14(3,12)13;2*1-5(2,3)6-4/h6-10,13H,5H2,1-4H3;5-9,12-13H,4H2,1-3H3;2*1-4H3. The van der Waals surface area contributed by atoms with E-state index < -0.39 is 16.9 Å². The molecule has 0 fully saturated rings. The molecule has 3 N–H and O–H groups in total. The van der Waals surface area contributed by atoms with Gasteiger partial charge in [-0.1, -0.05) is 76.2 Å². The van der Waals surface area contributed by atoms with Crippen LogP contribution in [0.3, 0.4) is 0 Å². The minimum Gasteiger partial charge on any atom is -0.428 e. The maximum atomic E-state index is 9.91. The first-order valence-corrected chi connectivity index (χ1v) is 19.8. The van der Waals surface area contributed by atoms with Crippen LogP contribution in [-0.4, -0.2) is 56.7 Å². The predicted molar refractivity (Wildman–Crippen MR) is 179 cm³/mol. The fourth-order valence-corrected chi connectivity index (χ4v) is 4.60. The molecule has 0 spiro atoms. The minimum absolute atomic E-state index is 0.0417. The lowest BCUT2D eigenvalue weighted by Gasteiger charge is -2.16. The van der Waals surface area contributed by atoms with Gasteiger partial charge in [0.05, 0.1) is 11.2 Å². The van der Waals surface area contributed by atoms with Crippen LogP contribution in [0.15, 0.2) is 48.5 Å². The van der Waals surface area contributed by atoms with E-state index in [2.05, 4.69) is 52.0 Å². The topological polar surface area (TPSA) is 79.2 Å². The smallest absolute Gasteiger partial charge is 0.363 e. The van der Waals surface area contributed by atoms with Crippen LogP contribution in [0.5, 0.6) is 0 Å². The molecular weight excluding hydrogens is 533 g/mol. The molecule has 0 saturated heterocycles. The van der Waals surface area contributed by atoms with E-state index >= 15 is 0 Å². The Bertz CT molecular complexity index is 823. The number of methoxy groups -OCH3 is 2. The largest absolute Gasteiger partial charge is 0.428 e. The summed E-state index contributed by atoms with van der Waals surface area (Å²) in [6.45, 7) is 26.3. The lowest BCUT2D eigenvalue weighted by Crippen LogP contribution is -2.44. The first-order chi connectivity index (χ1) is 18.0. The third-order valence-electron chi connectivity index (χ3n) is 6.66. The van der Waals surface area contributed by atoms with Crippen LogP contribution in [0.2, 0.25) is 19.6 Å². The number of hydrogen-bond donors (Lipinski definition) is 3. The van der Waals surface area contributed by atoms with E-state index in [0.717, 1.165) is 11.6 Å². The summed E-state index contributed by atoms with van der Waals surface area (Å²) in [5, 5.41) is 1.79. The van der Waals surface area contributed by atoms with Crippen molar-refractivity contribution in [3.05, 3.63) is 59.7 Å². The summed E-state index contributed by atoms with van der Waals surface area (Å²) in [5.74, 6) is 1.15. The summed E-state index contributed by atoms with van der Waals surface area (Å²) in [7, 11) is -1.79. The van der Waals surface area contributed by atoms with Crippen molar-refractivity contribution in [2.45, 2.75) is 125 Å². The van der Waals surface area contributed by atoms with E-state index in [1.807, 2.05) is 78.9 Å². The molecule has 0 aliphatic carbocycles. The molecule has 0 radical (unpaired) electrons. The van der Waals surface area contributed by atoms with Gasteiger partial charge < -0.3 is 23.9 Å². The molecule has 0 saturated carbocycles. The Hall–Kier alpha value is -1.33. The van der Waals surface area contributed by atoms with E-state index in [1.165, 1.54) is 24.1 Å². The average molecular weight is 595 g/mol. The molecule has 0 bridgehead atoms.